The average Bonchev–Trinajstić information content (AvgIpc) is 3.33. The van der Waals surface area contributed by atoms with Crippen LogP contribution in [0.15, 0.2) is 54.6 Å². The number of likely N-dealkylation sites (N-methyl/N-ethyl adjacent to an activating group) is 1. The molecule has 2 heterocycles. The zero-order chi connectivity index (χ0) is 29.2. The molecule has 7 rings (SSSR count). The van der Waals surface area contributed by atoms with Crippen LogP contribution in [0.1, 0.15) is 58.2 Å². The highest BCUT2D eigenvalue weighted by Gasteiger charge is 2.66. The van der Waals surface area contributed by atoms with Crippen molar-refractivity contribution in [2.24, 2.45) is 5.92 Å². The van der Waals surface area contributed by atoms with Crippen molar-refractivity contribution in [3.05, 3.63) is 93.5 Å². The Labute approximate surface area is 249 Å². The van der Waals surface area contributed by atoms with Crippen molar-refractivity contribution >= 4 is 5.91 Å². The molecule has 0 aromatic heterocycles. The molecule has 4 aliphatic rings. The largest absolute Gasteiger partial charge is 0.504 e. The first-order chi connectivity index (χ1) is 20.3. The van der Waals surface area contributed by atoms with Crippen molar-refractivity contribution in [3.63, 3.8) is 0 Å². The second-order valence-electron chi connectivity index (χ2n) is 13.0. The molecule has 1 N–H and O–H groups in total. The molecule has 0 unspecified atom stereocenters. The van der Waals surface area contributed by atoms with E-state index in [1.807, 2.05) is 30.1 Å². The maximum absolute atomic E-state index is 13.5. The normalized spacial score (nSPS) is 27.0. The summed E-state index contributed by atoms with van der Waals surface area (Å²) in [5, 5.41) is 11.1. The lowest BCUT2D eigenvalue weighted by Crippen LogP contribution is -2.69. The third kappa shape index (κ3) is 4.14. The Balaban J connectivity index is 1.20. The molecule has 1 saturated heterocycles. The average molecular weight is 561 g/mol. The Bertz CT molecular complexity index is 1620. The lowest BCUT2D eigenvalue weighted by atomic mass is 9.50. The van der Waals surface area contributed by atoms with E-state index >= 15 is 0 Å². The Morgan fingerprint density at radius 2 is 1.88 bits per heavy atom. The summed E-state index contributed by atoms with van der Waals surface area (Å²) < 4.78 is 6.79. The van der Waals surface area contributed by atoms with E-state index in [4.69, 9.17) is 4.74 Å². The van der Waals surface area contributed by atoms with Gasteiger partial charge < -0.3 is 14.7 Å². The molecule has 3 aromatic rings. The second-order valence-corrected chi connectivity index (χ2v) is 13.0. The Hall–Kier alpha value is -3.75. The van der Waals surface area contributed by atoms with E-state index in [1.165, 1.54) is 27.8 Å². The van der Waals surface area contributed by atoms with Gasteiger partial charge in [0.05, 0.1) is 6.04 Å². The molecule has 1 saturated carbocycles. The number of carbonyl (C=O) groups is 1. The van der Waals surface area contributed by atoms with Crippen LogP contribution in [-0.2, 0) is 23.1 Å². The number of phenolic OH excluding ortho intramolecular Hbond substituents is 1. The zero-order valence-corrected chi connectivity index (χ0v) is 25.1. The van der Waals surface area contributed by atoms with Gasteiger partial charge in [0.25, 0.3) is 5.91 Å². The zero-order valence-electron chi connectivity index (χ0n) is 25.1. The third-order valence-corrected chi connectivity index (χ3v) is 10.9. The van der Waals surface area contributed by atoms with E-state index in [2.05, 4.69) is 73.9 Å². The first kappa shape index (κ1) is 27.1. The molecule has 2 aliphatic heterocycles. The minimum atomic E-state index is -0.195. The first-order valence-corrected chi connectivity index (χ1v) is 15.4. The van der Waals surface area contributed by atoms with Crippen LogP contribution < -0.4 is 4.74 Å². The minimum Gasteiger partial charge on any atom is -0.504 e. The van der Waals surface area contributed by atoms with Crippen molar-refractivity contribution in [2.45, 2.75) is 76.5 Å². The number of hydrogen-bond acceptors (Lipinski definition) is 4. The predicted octanol–water partition coefficient (Wildman–Crippen LogP) is 5.48. The van der Waals surface area contributed by atoms with Gasteiger partial charge in [-0.3, -0.25) is 9.69 Å². The maximum atomic E-state index is 13.5. The molecule has 2 fully saturated rings. The van der Waals surface area contributed by atoms with Crippen molar-refractivity contribution in [2.75, 3.05) is 20.1 Å². The summed E-state index contributed by atoms with van der Waals surface area (Å²) in [6.07, 6.45) is 4.73. The smallest absolute Gasteiger partial charge is 0.298 e. The summed E-state index contributed by atoms with van der Waals surface area (Å²) >= 11 is 0. The van der Waals surface area contributed by atoms with Crippen LogP contribution in [0.5, 0.6) is 11.5 Å². The number of ether oxygens (including phenoxy) is 1. The Kier molecular flexibility index (Phi) is 6.59. The van der Waals surface area contributed by atoms with Crippen LogP contribution in [0.4, 0.5) is 0 Å². The molecule has 2 aliphatic carbocycles. The molecule has 5 heteroatoms. The lowest BCUT2D eigenvalue weighted by Gasteiger charge is -2.60. The number of amides is 1. The number of carbonyl (C=O) groups excluding carboxylic acids is 1. The van der Waals surface area contributed by atoms with E-state index in [-0.39, 0.29) is 29.2 Å². The number of nitrogens with zero attached hydrogens (tertiary/aromatic N) is 2. The van der Waals surface area contributed by atoms with E-state index in [0.717, 1.165) is 56.3 Å². The number of likely N-dealkylation sites (tertiary alicyclic amines) is 1. The number of rotatable bonds is 4. The molecule has 1 spiro atoms. The number of aryl methyl sites for hydroxylation is 3. The van der Waals surface area contributed by atoms with Crippen molar-refractivity contribution in [1.82, 2.24) is 9.80 Å². The van der Waals surface area contributed by atoms with E-state index in [1.54, 1.807) is 0 Å². The lowest BCUT2D eigenvalue weighted by molar-refractivity contribution is -0.134. The molecule has 0 radical (unpaired) electrons. The van der Waals surface area contributed by atoms with Crippen LogP contribution in [0.2, 0.25) is 0 Å². The molecule has 42 heavy (non-hydrogen) atoms. The molecule has 5 nitrogen and oxygen atoms in total. The van der Waals surface area contributed by atoms with Crippen LogP contribution in [0.25, 0.3) is 0 Å². The topological polar surface area (TPSA) is 53.0 Å². The number of aromatic hydroxyl groups is 1. The predicted molar refractivity (Wildman–Crippen MR) is 165 cm³/mol. The SMILES string of the molecule is Cc1ccc(C#CC(=O)N(C)[C@@H]2CC[C@H]3[C@H]4Cc5c(C)cc(O)c6c5[C@@]3(CCN4CCc3ccccc3)[C@H]2O6)cc1C. The summed E-state index contributed by atoms with van der Waals surface area (Å²) in [7, 11) is 1.88. The highest BCUT2D eigenvalue weighted by atomic mass is 16.5. The molecule has 216 valence electrons. The van der Waals surface area contributed by atoms with Crippen LogP contribution in [-0.4, -0.2) is 59.1 Å². The summed E-state index contributed by atoms with van der Waals surface area (Å²) in [5.74, 6) is 7.17. The first-order valence-electron chi connectivity index (χ1n) is 15.4. The summed E-state index contributed by atoms with van der Waals surface area (Å²) in [6, 6.07) is 19.1. The Morgan fingerprint density at radius 3 is 2.67 bits per heavy atom. The highest BCUT2D eigenvalue weighted by molar-refractivity contribution is 5.94. The van der Waals surface area contributed by atoms with Gasteiger partial charge >= 0.3 is 0 Å². The van der Waals surface area contributed by atoms with Crippen LogP contribution in [0, 0.1) is 38.5 Å². The van der Waals surface area contributed by atoms with Gasteiger partial charge in [0.1, 0.15) is 6.10 Å². The van der Waals surface area contributed by atoms with Gasteiger partial charge in [-0.05, 0) is 111 Å². The minimum absolute atomic E-state index is 0.0996. The van der Waals surface area contributed by atoms with Crippen LogP contribution in [0.3, 0.4) is 0 Å². The van der Waals surface area contributed by atoms with Gasteiger partial charge in [0.15, 0.2) is 11.5 Å². The number of phenols is 1. The summed E-state index contributed by atoms with van der Waals surface area (Å²) in [6.45, 7) is 8.31. The summed E-state index contributed by atoms with van der Waals surface area (Å²) in [5.41, 5.74) is 8.16. The third-order valence-electron chi connectivity index (χ3n) is 10.9. The fourth-order valence-electron chi connectivity index (χ4n) is 8.64. The van der Waals surface area contributed by atoms with Gasteiger partial charge in [0.2, 0.25) is 0 Å². The number of benzene rings is 3. The van der Waals surface area contributed by atoms with E-state index in [0.29, 0.717) is 17.7 Å². The van der Waals surface area contributed by atoms with Crippen molar-refractivity contribution in [3.8, 4) is 23.3 Å². The maximum Gasteiger partial charge on any atom is 0.298 e. The number of hydrogen-bond donors (Lipinski definition) is 1. The van der Waals surface area contributed by atoms with E-state index < -0.39 is 0 Å². The van der Waals surface area contributed by atoms with Gasteiger partial charge in [-0.15, -0.1) is 0 Å². The van der Waals surface area contributed by atoms with Crippen molar-refractivity contribution < 1.29 is 14.6 Å². The van der Waals surface area contributed by atoms with Gasteiger partial charge in [-0.25, -0.2) is 0 Å². The molecule has 5 atom stereocenters. The quantitative estimate of drug-likeness (QED) is 0.430. The van der Waals surface area contributed by atoms with Crippen LogP contribution >= 0.6 is 0 Å². The molecule has 3 aromatic carbocycles. The fraction of sp³-hybridized carbons (Fsp3) is 0.432. The monoisotopic (exact) mass is 560 g/mol. The molecule has 1 amide bonds. The standard InChI is InChI=1S/C37H40N2O3/c1-23-10-11-27(20-24(23)2)12-15-33(41)38(4)30-14-13-29-31-22-28-25(3)21-32(40)35-34(28)37(29,36(30)42-35)17-19-39(31)18-16-26-8-6-5-7-9-26/h5-11,20-21,29-31,36,40H,13-14,16-19,22H2,1-4H3/t29-,30+,31+,36-,37-/m0/s1. The Morgan fingerprint density at radius 1 is 1.07 bits per heavy atom. The van der Waals surface area contributed by atoms with Gasteiger partial charge in [0, 0.05) is 42.1 Å². The van der Waals surface area contributed by atoms with Gasteiger partial charge in [-0.1, -0.05) is 42.3 Å². The summed E-state index contributed by atoms with van der Waals surface area (Å²) in [4.78, 5) is 18.0. The van der Waals surface area contributed by atoms with Crippen molar-refractivity contribution in [1.29, 1.82) is 0 Å². The second kappa shape index (κ2) is 10.2. The molecule has 2 bridgehead atoms. The molecular formula is C37H40N2O3. The van der Waals surface area contributed by atoms with E-state index in [9.17, 15) is 9.90 Å². The fourth-order valence-corrected chi connectivity index (χ4v) is 8.64. The molecular weight excluding hydrogens is 520 g/mol. The number of piperidine rings is 1. The highest BCUT2D eigenvalue weighted by Crippen LogP contribution is 2.64. The van der Waals surface area contributed by atoms with Gasteiger partial charge in [-0.2, -0.15) is 0 Å².